The number of thiophene rings is 1. The molecule has 0 aliphatic carbocycles. The molecule has 21 heavy (non-hydrogen) atoms. The van der Waals surface area contributed by atoms with Crippen molar-refractivity contribution in [2.45, 2.75) is 6.61 Å². The van der Waals surface area contributed by atoms with Crippen LogP contribution in [0.25, 0.3) is 10.4 Å². The first-order valence-corrected chi connectivity index (χ1v) is 7.54. The Morgan fingerprint density at radius 2 is 1.86 bits per heavy atom. The van der Waals surface area contributed by atoms with Gasteiger partial charge in [-0.25, -0.2) is 0 Å². The Hall–Kier alpha value is -2.39. The first-order chi connectivity index (χ1) is 10.4. The second-order valence-corrected chi connectivity index (χ2v) is 5.57. The van der Waals surface area contributed by atoms with E-state index in [4.69, 9.17) is 4.74 Å². The van der Waals surface area contributed by atoms with Gasteiger partial charge in [-0.05, 0) is 35.2 Å². The molecule has 2 nitrogen and oxygen atoms in total. The molecular weight excluding hydrogens is 280 g/mol. The number of hydrogen-bond donors (Lipinski definition) is 0. The molecule has 0 N–H and O–H groups in total. The largest absolute Gasteiger partial charge is 0.489 e. The molecule has 0 spiro atoms. The lowest BCUT2D eigenvalue weighted by atomic mass is 10.1. The third kappa shape index (κ3) is 3.20. The molecule has 1 heterocycles. The Morgan fingerprint density at radius 1 is 1.00 bits per heavy atom. The van der Waals surface area contributed by atoms with Crippen molar-refractivity contribution < 1.29 is 9.53 Å². The molecule has 0 unspecified atom stereocenters. The molecule has 2 aromatic carbocycles. The predicted molar refractivity (Wildman–Crippen MR) is 85.9 cm³/mol. The predicted octanol–water partition coefficient (Wildman–Crippen LogP) is 4.81. The van der Waals surface area contributed by atoms with E-state index in [1.165, 1.54) is 0 Å². The summed E-state index contributed by atoms with van der Waals surface area (Å²) in [5.41, 5.74) is 2.73. The van der Waals surface area contributed by atoms with Gasteiger partial charge < -0.3 is 4.74 Å². The summed E-state index contributed by atoms with van der Waals surface area (Å²) in [5.74, 6) is 0.771. The van der Waals surface area contributed by atoms with E-state index in [9.17, 15) is 4.79 Å². The monoisotopic (exact) mass is 294 g/mol. The number of ether oxygens (including phenoxy) is 1. The van der Waals surface area contributed by atoms with Crippen LogP contribution in [0.3, 0.4) is 0 Å². The molecule has 0 saturated carbocycles. The van der Waals surface area contributed by atoms with Crippen LogP contribution < -0.4 is 4.74 Å². The molecule has 0 fully saturated rings. The molecule has 104 valence electrons. The number of carbonyl (C=O) groups excluding carboxylic acids is 1. The molecule has 3 heteroatoms. The van der Waals surface area contributed by atoms with E-state index in [1.807, 2.05) is 66.0 Å². The zero-order valence-corrected chi connectivity index (χ0v) is 12.2. The van der Waals surface area contributed by atoms with Crippen LogP contribution in [0.2, 0.25) is 0 Å². The fourth-order valence-electron chi connectivity index (χ4n) is 2.11. The minimum atomic E-state index is 0.519. The van der Waals surface area contributed by atoms with Crippen LogP contribution in [-0.2, 0) is 6.61 Å². The van der Waals surface area contributed by atoms with Gasteiger partial charge in [-0.3, -0.25) is 4.79 Å². The first kappa shape index (κ1) is 13.6. The number of carbonyl (C=O) groups is 1. The molecule has 3 aromatic rings. The van der Waals surface area contributed by atoms with Gasteiger partial charge in [0.1, 0.15) is 12.4 Å². The topological polar surface area (TPSA) is 26.3 Å². The molecule has 0 aliphatic heterocycles. The van der Waals surface area contributed by atoms with Gasteiger partial charge in [0.05, 0.1) is 0 Å². The van der Waals surface area contributed by atoms with Crippen molar-refractivity contribution in [2.75, 3.05) is 0 Å². The minimum Gasteiger partial charge on any atom is -0.489 e. The summed E-state index contributed by atoms with van der Waals surface area (Å²) >= 11 is 1.61. The van der Waals surface area contributed by atoms with E-state index in [-0.39, 0.29) is 0 Å². The SMILES string of the molecule is O=Cc1ccc(OCc2ccccc2)cc1-c1cccs1. The Bertz CT molecular complexity index is 718. The maximum atomic E-state index is 11.2. The van der Waals surface area contributed by atoms with Crippen LogP contribution in [0.1, 0.15) is 15.9 Å². The van der Waals surface area contributed by atoms with Crippen LogP contribution in [0.15, 0.2) is 66.0 Å². The average molecular weight is 294 g/mol. The molecule has 0 radical (unpaired) electrons. The lowest BCUT2D eigenvalue weighted by Gasteiger charge is -2.09. The minimum absolute atomic E-state index is 0.519. The summed E-state index contributed by atoms with van der Waals surface area (Å²) in [6.07, 6.45) is 0.885. The van der Waals surface area contributed by atoms with Crippen LogP contribution in [0, 0.1) is 0 Å². The van der Waals surface area contributed by atoms with Crippen LogP contribution >= 0.6 is 11.3 Å². The second-order valence-electron chi connectivity index (χ2n) is 4.62. The maximum Gasteiger partial charge on any atom is 0.150 e. The average Bonchev–Trinajstić information content (AvgIpc) is 3.08. The zero-order chi connectivity index (χ0) is 14.5. The van der Waals surface area contributed by atoms with E-state index in [2.05, 4.69) is 0 Å². The summed E-state index contributed by atoms with van der Waals surface area (Å²) in [4.78, 5) is 12.2. The van der Waals surface area contributed by atoms with Gasteiger partial charge in [-0.15, -0.1) is 11.3 Å². The Morgan fingerprint density at radius 3 is 2.57 bits per heavy atom. The quantitative estimate of drug-likeness (QED) is 0.631. The molecule has 0 bridgehead atoms. The fourth-order valence-corrected chi connectivity index (χ4v) is 2.88. The van der Waals surface area contributed by atoms with Crippen LogP contribution in [0.5, 0.6) is 5.75 Å². The molecule has 1 aromatic heterocycles. The molecule has 0 aliphatic rings. The lowest BCUT2D eigenvalue weighted by molar-refractivity contribution is 0.112. The van der Waals surface area contributed by atoms with Crippen molar-refractivity contribution in [1.82, 2.24) is 0 Å². The first-order valence-electron chi connectivity index (χ1n) is 6.66. The number of rotatable bonds is 5. The smallest absolute Gasteiger partial charge is 0.150 e. The highest BCUT2D eigenvalue weighted by Crippen LogP contribution is 2.30. The Kier molecular flexibility index (Phi) is 4.12. The summed E-state index contributed by atoms with van der Waals surface area (Å²) in [6, 6.07) is 19.6. The third-order valence-corrected chi connectivity index (χ3v) is 4.09. The molecule has 3 rings (SSSR count). The summed E-state index contributed by atoms with van der Waals surface area (Å²) in [5, 5.41) is 2.00. The number of hydrogen-bond acceptors (Lipinski definition) is 3. The van der Waals surface area contributed by atoms with E-state index in [1.54, 1.807) is 11.3 Å². The van der Waals surface area contributed by atoms with E-state index in [0.717, 1.165) is 28.0 Å². The van der Waals surface area contributed by atoms with Gasteiger partial charge in [0.15, 0.2) is 6.29 Å². The van der Waals surface area contributed by atoms with E-state index < -0.39 is 0 Å². The van der Waals surface area contributed by atoms with Gasteiger partial charge in [-0.1, -0.05) is 36.4 Å². The van der Waals surface area contributed by atoms with Crippen molar-refractivity contribution in [2.24, 2.45) is 0 Å². The van der Waals surface area contributed by atoms with E-state index in [0.29, 0.717) is 12.2 Å². The van der Waals surface area contributed by atoms with Crippen molar-refractivity contribution >= 4 is 17.6 Å². The molecule has 0 amide bonds. The van der Waals surface area contributed by atoms with Crippen molar-refractivity contribution in [3.05, 3.63) is 77.2 Å². The highest BCUT2D eigenvalue weighted by Gasteiger charge is 2.07. The standard InChI is InChI=1S/C18H14O2S/c19-12-15-8-9-16(11-17(15)18-7-4-10-21-18)20-13-14-5-2-1-3-6-14/h1-12H,13H2. The highest BCUT2D eigenvalue weighted by molar-refractivity contribution is 7.13. The maximum absolute atomic E-state index is 11.2. The summed E-state index contributed by atoms with van der Waals surface area (Å²) in [7, 11) is 0. The van der Waals surface area contributed by atoms with Gasteiger partial charge in [0.2, 0.25) is 0 Å². The van der Waals surface area contributed by atoms with Crippen LogP contribution in [-0.4, -0.2) is 6.29 Å². The van der Waals surface area contributed by atoms with Gasteiger partial charge in [0, 0.05) is 16.0 Å². The fraction of sp³-hybridized carbons (Fsp3) is 0.0556. The Balaban J connectivity index is 1.84. The summed E-state index contributed by atoms with van der Waals surface area (Å²) in [6.45, 7) is 0.519. The van der Waals surface area contributed by atoms with Crippen LogP contribution in [0.4, 0.5) is 0 Å². The van der Waals surface area contributed by atoms with Crippen molar-refractivity contribution in [1.29, 1.82) is 0 Å². The lowest BCUT2D eigenvalue weighted by Crippen LogP contribution is -1.96. The van der Waals surface area contributed by atoms with Gasteiger partial charge >= 0.3 is 0 Å². The van der Waals surface area contributed by atoms with Gasteiger partial charge in [0.25, 0.3) is 0 Å². The summed E-state index contributed by atoms with van der Waals surface area (Å²) < 4.78 is 5.82. The third-order valence-electron chi connectivity index (χ3n) is 3.19. The highest BCUT2D eigenvalue weighted by atomic mass is 32.1. The van der Waals surface area contributed by atoms with Crippen molar-refractivity contribution in [3.63, 3.8) is 0 Å². The normalized spacial score (nSPS) is 10.3. The van der Waals surface area contributed by atoms with Crippen molar-refractivity contribution in [3.8, 4) is 16.2 Å². The zero-order valence-electron chi connectivity index (χ0n) is 11.4. The van der Waals surface area contributed by atoms with E-state index >= 15 is 0 Å². The number of benzene rings is 2. The van der Waals surface area contributed by atoms with Gasteiger partial charge in [-0.2, -0.15) is 0 Å². The molecular formula is C18H14O2S. The Labute approximate surface area is 127 Å². The number of aldehydes is 1. The second kappa shape index (κ2) is 6.37. The molecule has 0 atom stereocenters. The molecule has 0 saturated heterocycles.